The van der Waals surface area contributed by atoms with E-state index in [1.54, 1.807) is 0 Å². The van der Waals surface area contributed by atoms with Crippen LogP contribution in [0.5, 0.6) is 0 Å². The molecule has 0 aromatic rings. The average molecular weight is 224 g/mol. The third-order valence-corrected chi connectivity index (χ3v) is 4.66. The van der Waals surface area contributed by atoms with Gasteiger partial charge in [-0.3, -0.25) is 0 Å². The van der Waals surface area contributed by atoms with Crippen LogP contribution < -0.4 is 0 Å². The molecule has 1 heterocycles. The van der Waals surface area contributed by atoms with Crippen molar-refractivity contribution in [2.75, 3.05) is 40.3 Å². The molecule has 0 amide bonds. The van der Waals surface area contributed by atoms with Crippen molar-refractivity contribution in [3.63, 3.8) is 0 Å². The SMILES string of the molecule is CN(C)CCCN1CCC2(CCCC2)CC1. The van der Waals surface area contributed by atoms with Crippen LogP contribution in [0.25, 0.3) is 0 Å². The van der Waals surface area contributed by atoms with Crippen molar-refractivity contribution in [3.8, 4) is 0 Å². The zero-order valence-corrected chi connectivity index (χ0v) is 11.2. The van der Waals surface area contributed by atoms with E-state index in [9.17, 15) is 0 Å². The molecule has 1 saturated carbocycles. The molecule has 2 nitrogen and oxygen atoms in total. The van der Waals surface area contributed by atoms with Crippen LogP contribution in [0.2, 0.25) is 0 Å². The zero-order chi connectivity index (χ0) is 11.4. The number of rotatable bonds is 4. The lowest BCUT2D eigenvalue weighted by Crippen LogP contribution is -2.39. The number of nitrogens with zero attached hydrogens (tertiary/aromatic N) is 2. The van der Waals surface area contributed by atoms with E-state index in [-0.39, 0.29) is 0 Å². The minimum absolute atomic E-state index is 0.790. The number of hydrogen-bond donors (Lipinski definition) is 0. The van der Waals surface area contributed by atoms with Gasteiger partial charge >= 0.3 is 0 Å². The molecule has 1 saturated heterocycles. The minimum Gasteiger partial charge on any atom is -0.309 e. The first-order chi connectivity index (χ1) is 7.70. The molecule has 2 fully saturated rings. The Morgan fingerprint density at radius 1 is 1.00 bits per heavy atom. The summed E-state index contributed by atoms with van der Waals surface area (Å²) in [5.41, 5.74) is 0.790. The number of hydrogen-bond acceptors (Lipinski definition) is 2. The lowest BCUT2D eigenvalue weighted by atomic mass is 9.77. The quantitative estimate of drug-likeness (QED) is 0.724. The highest BCUT2D eigenvalue weighted by molar-refractivity contribution is 4.89. The van der Waals surface area contributed by atoms with Gasteiger partial charge in [0, 0.05) is 0 Å². The molecule has 94 valence electrons. The summed E-state index contributed by atoms with van der Waals surface area (Å²) in [6.07, 6.45) is 10.3. The van der Waals surface area contributed by atoms with Crippen LogP contribution >= 0.6 is 0 Å². The molecule has 0 N–H and O–H groups in total. The highest BCUT2D eigenvalue weighted by Crippen LogP contribution is 2.45. The average Bonchev–Trinajstić information content (AvgIpc) is 2.70. The van der Waals surface area contributed by atoms with Crippen LogP contribution in [-0.2, 0) is 0 Å². The van der Waals surface area contributed by atoms with Crippen molar-refractivity contribution >= 4 is 0 Å². The lowest BCUT2D eigenvalue weighted by Gasteiger charge is -2.39. The molecular weight excluding hydrogens is 196 g/mol. The summed E-state index contributed by atoms with van der Waals surface area (Å²) in [5.74, 6) is 0. The molecule has 0 atom stereocenters. The molecular formula is C14H28N2. The summed E-state index contributed by atoms with van der Waals surface area (Å²) < 4.78 is 0. The molecule has 1 aliphatic carbocycles. The van der Waals surface area contributed by atoms with Crippen LogP contribution in [0.1, 0.15) is 44.9 Å². The number of piperidine rings is 1. The Kier molecular flexibility index (Phi) is 4.26. The van der Waals surface area contributed by atoms with Crippen LogP contribution in [0.4, 0.5) is 0 Å². The summed E-state index contributed by atoms with van der Waals surface area (Å²) in [4.78, 5) is 4.98. The van der Waals surface area contributed by atoms with Crippen molar-refractivity contribution in [1.29, 1.82) is 0 Å². The maximum Gasteiger partial charge on any atom is -0.000654 e. The van der Waals surface area contributed by atoms with E-state index in [4.69, 9.17) is 0 Å². The predicted octanol–water partition coefficient (Wildman–Crippen LogP) is 2.59. The maximum atomic E-state index is 2.69. The first-order valence-corrected chi connectivity index (χ1v) is 7.07. The highest BCUT2D eigenvalue weighted by atomic mass is 15.1. The third kappa shape index (κ3) is 3.21. The first kappa shape index (κ1) is 12.4. The summed E-state index contributed by atoms with van der Waals surface area (Å²) in [5, 5.41) is 0. The largest absolute Gasteiger partial charge is 0.309 e. The van der Waals surface area contributed by atoms with Crippen molar-refractivity contribution in [2.24, 2.45) is 5.41 Å². The van der Waals surface area contributed by atoms with Crippen molar-refractivity contribution in [3.05, 3.63) is 0 Å². The zero-order valence-electron chi connectivity index (χ0n) is 11.2. The van der Waals surface area contributed by atoms with E-state index in [0.717, 1.165) is 5.41 Å². The van der Waals surface area contributed by atoms with Crippen molar-refractivity contribution < 1.29 is 0 Å². The van der Waals surface area contributed by atoms with Crippen LogP contribution in [-0.4, -0.2) is 50.1 Å². The van der Waals surface area contributed by atoms with Gasteiger partial charge in [0.1, 0.15) is 0 Å². The smallest absolute Gasteiger partial charge is 0.000654 e. The van der Waals surface area contributed by atoms with Gasteiger partial charge in [-0.25, -0.2) is 0 Å². The Bertz CT molecular complexity index is 197. The topological polar surface area (TPSA) is 6.48 Å². The van der Waals surface area contributed by atoms with Gasteiger partial charge in [-0.05, 0) is 77.8 Å². The molecule has 0 aromatic heterocycles. The summed E-state index contributed by atoms with van der Waals surface area (Å²) in [6, 6.07) is 0. The van der Waals surface area contributed by atoms with Gasteiger partial charge in [0.15, 0.2) is 0 Å². The fraction of sp³-hybridized carbons (Fsp3) is 1.00. The molecule has 0 unspecified atom stereocenters. The summed E-state index contributed by atoms with van der Waals surface area (Å²) in [7, 11) is 4.34. The Labute approximate surface area is 101 Å². The molecule has 16 heavy (non-hydrogen) atoms. The second-order valence-corrected chi connectivity index (χ2v) is 6.21. The molecule has 0 radical (unpaired) electrons. The van der Waals surface area contributed by atoms with Crippen molar-refractivity contribution in [1.82, 2.24) is 9.80 Å². The summed E-state index contributed by atoms with van der Waals surface area (Å²) in [6.45, 7) is 5.29. The van der Waals surface area contributed by atoms with Gasteiger partial charge in [-0.1, -0.05) is 12.8 Å². The molecule has 2 rings (SSSR count). The van der Waals surface area contributed by atoms with E-state index in [1.165, 1.54) is 71.1 Å². The standard InChI is InChI=1S/C14H28N2/c1-15(2)10-5-11-16-12-8-14(9-13-16)6-3-4-7-14/h3-13H2,1-2H3. The molecule has 1 spiro atoms. The second-order valence-electron chi connectivity index (χ2n) is 6.21. The van der Waals surface area contributed by atoms with Gasteiger partial charge < -0.3 is 9.80 Å². The van der Waals surface area contributed by atoms with Crippen molar-refractivity contribution in [2.45, 2.75) is 44.9 Å². The number of likely N-dealkylation sites (tertiary alicyclic amines) is 1. The van der Waals surface area contributed by atoms with E-state index in [2.05, 4.69) is 23.9 Å². The molecule has 0 aromatic carbocycles. The van der Waals surface area contributed by atoms with E-state index in [0.29, 0.717) is 0 Å². The first-order valence-electron chi connectivity index (χ1n) is 7.07. The molecule has 2 aliphatic rings. The van der Waals surface area contributed by atoms with E-state index in [1.807, 2.05) is 0 Å². The van der Waals surface area contributed by atoms with Gasteiger partial charge in [0.05, 0.1) is 0 Å². The van der Waals surface area contributed by atoms with Crippen LogP contribution in [0.15, 0.2) is 0 Å². The highest BCUT2D eigenvalue weighted by Gasteiger charge is 2.36. The third-order valence-electron chi connectivity index (χ3n) is 4.66. The Hall–Kier alpha value is -0.0800. The molecule has 2 heteroatoms. The van der Waals surface area contributed by atoms with Gasteiger partial charge in [-0.15, -0.1) is 0 Å². The lowest BCUT2D eigenvalue weighted by molar-refractivity contribution is 0.106. The summed E-state index contributed by atoms with van der Waals surface area (Å²) >= 11 is 0. The van der Waals surface area contributed by atoms with Gasteiger partial charge in [-0.2, -0.15) is 0 Å². The Balaban J connectivity index is 1.65. The predicted molar refractivity (Wildman–Crippen MR) is 69.7 cm³/mol. The van der Waals surface area contributed by atoms with Crippen LogP contribution in [0, 0.1) is 5.41 Å². The Morgan fingerprint density at radius 2 is 1.62 bits per heavy atom. The Morgan fingerprint density at radius 3 is 2.19 bits per heavy atom. The second kappa shape index (κ2) is 5.50. The van der Waals surface area contributed by atoms with Gasteiger partial charge in [0.25, 0.3) is 0 Å². The normalized spacial score (nSPS) is 25.7. The van der Waals surface area contributed by atoms with Gasteiger partial charge in [0.2, 0.25) is 0 Å². The fourth-order valence-electron chi connectivity index (χ4n) is 3.49. The monoisotopic (exact) mass is 224 g/mol. The molecule has 1 aliphatic heterocycles. The fourth-order valence-corrected chi connectivity index (χ4v) is 3.49. The minimum atomic E-state index is 0.790. The molecule has 0 bridgehead atoms. The van der Waals surface area contributed by atoms with E-state index >= 15 is 0 Å². The van der Waals surface area contributed by atoms with Crippen LogP contribution in [0.3, 0.4) is 0 Å². The van der Waals surface area contributed by atoms with E-state index < -0.39 is 0 Å². The maximum absolute atomic E-state index is 2.69.